The summed E-state index contributed by atoms with van der Waals surface area (Å²) in [6.45, 7) is 4.59. The number of esters is 1. The Morgan fingerprint density at radius 1 is 1.28 bits per heavy atom. The van der Waals surface area contributed by atoms with Crippen molar-refractivity contribution in [1.29, 1.82) is 0 Å². The molecule has 2 aliphatic heterocycles. The number of nitrogens with zero attached hydrogens (tertiary/aromatic N) is 1. The van der Waals surface area contributed by atoms with Crippen LogP contribution in [0.2, 0.25) is 0 Å². The molecule has 1 aromatic rings. The van der Waals surface area contributed by atoms with Crippen molar-refractivity contribution < 1.29 is 37.8 Å². The minimum Gasteiger partial charge on any atom is -0.435 e. The molecule has 2 amide bonds. The molecular weight excluding hydrogens is 445 g/mol. The van der Waals surface area contributed by atoms with E-state index in [0.29, 0.717) is 0 Å². The molecule has 10 nitrogen and oxygen atoms in total. The lowest BCUT2D eigenvalue weighted by Gasteiger charge is -2.44. The monoisotopic (exact) mass is 469 g/mol. The lowest BCUT2D eigenvalue weighted by Crippen LogP contribution is -2.71. The Balaban J connectivity index is 1.61. The zero-order chi connectivity index (χ0) is 23.6. The van der Waals surface area contributed by atoms with E-state index in [-0.39, 0.29) is 12.2 Å². The number of carbonyl (C=O) groups is 4. The number of nitrogens with one attached hydrogen (secondary N) is 1. The molecule has 2 saturated heterocycles. The molecule has 0 aromatic heterocycles. The molecule has 2 aliphatic rings. The van der Waals surface area contributed by atoms with Gasteiger partial charge in [0.25, 0.3) is 0 Å². The topological polar surface area (TPSA) is 137 Å². The summed E-state index contributed by atoms with van der Waals surface area (Å²) in [6, 6.07) is 2.34. The Morgan fingerprint density at radius 2 is 2.00 bits per heavy atom. The number of amides is 2. The van der Waals surface area contributed by atoms with Crippen LogP contribution in [-0.2, 0) is 28.6 Å². The summed E-state index contributed by atoms with van der Waals surface area (Å²) in [7, 11) is 0. The molecule has 2 heterocycles. The standard InChI is InChI=1S/C20H24FN3O7S/c1-4-29-19(28)31-9-30-18(27)14-20(2,3)32-17-13(16(26)24(14)17)23-15(25)12(22)10-6-5-7-11(21)8-10/h5-8,12-14,17H,4,9,22H2,1-3H3,(H,23,25)/t12?,13?,14-,17+/m0/s1. The third-order valence-electron chi connectivity index (χ3n) is 5.09. The smallest absolute Gasteiger partial charge is 0.435 e. The van der Waals surface area contributed by atoms with Gasteiger partial charge in [0.2, 0.25) is 18.6 Å². The molecule has 1 aromatic carbocycles. The van der Waals surface area contributed by atoms with E-state index in [1.54, 1.807) is 20.8 Å². The highest BCUT2D eigenvalue weighted by atomic mass is 32.2. The molecule has 2 unspecified atom stereocenters. The van der Waals surface area contributed by atoms with E-state index >= 15 is 0 Å². The fourth-order valence-corrected chi connectivity index (χ4v) is 5.22. The van der Waals surface area contributed by atoms with E-state index in [4.69, 9.17) is 10.5 Å². The number of carbonyl (C=O) groups excluding carboxylic acids is 4. The Kier molecular flexibility index (Phi) is 6.94. The summed E-state index contributed by atoms with van der Waals surface area (Å²) in [4.78, 5) is 50.4. The number of benzene rings is 1. The van der Waals surface area contributed by atoms with Crippen LogP contribution in [0.3, 0.4) is 0 Å². The van der Waals surface area contributed by atoms with Gasteiger partial charge in [-0.05, 0) is 38.5 Å². The number of rotatable bonds is 7. The van der Waals surface area contributed by atoms with Gasteiger partial charge in [-0.3, -0.25) is 9.59 Å². The molecule has 0 spiro atoms. The van der Waals surface area contributed by atoms with E-state index in [1.807, 2.05) is 0 Å². The highest BCUT2D eigenvalue weighted by Crippen LogP contribution is 2.51. The molecule has 174 valence electrons. The lowest BCUT2D eigenvalue weighted by molar-refractivity contribution is -0.170. The van der Waals surface area contributed by atoms with Crippen LogP contribution in [-0.4, -0.2) is 64.4 Å². The molecule has 0 bridgehead atoms. The van der Waals surface area contributed by atoms with E-state index in [9.17, 15) is 23.6 Å². The fourth-order valence-electron chi connectivity index (χ4n) is 3.60. The first-order chi connectivity index (χ1) is 15.1. The average molecular weight is 469 g/mol. The highest BCUT2D eigenvalue weighted by Gasteiger charge is 2.64. The third-order valence-corrected chi connectivity index (χ3v) is 6.66. The molecule has 0 saturated carbocycles. The average Bonchev–Trinajstić information content (AvgIpc) is 2.99. The second kappa shape index (κ2) is 9.33. The van der Waals surface area contributed by atoms with Gasteiger partial charge in [-0.15, -0.1) is 11.8 Å². The molecule has 2 fully saturated rings. The van der Waals surface area contributed by atoms with Crippen LogP contribution in [0.15, 0.2) is 24.3 Å². The summed E-state index contributed by atoms with van der Waals surface area (Å²) >= 11 is 1.32. The summed E-state index contributed by atoms with van der Waals surface area (Å²) in [5.74, 6) is -2.39. The van der Waals surface area contributed by atoms with Gasteiger partial charge in [0.1, 0.15) is 29.3 Å². The molecule has 0 radical (unpaired) electrons. The molecular formula is C20H24FN3O7S. The second-order valence-electron chi connectivity index (χ2n) is 7.69. The Hall–Kier alpha value is -2.86. The van der Waals surface area contributed by atoms with Gasteiger partial charge in [0.15, 0.2) is 0 Å². The third kappa shape index (κ3) is 4.65. The number of hydrogen-bond acceptors (Lipinski definition) is 9. The molecule has 32 heavy (non-hydrogen) atoms. The Morgan fingerprint density at radius 3 is 2.66 bits per heavy atom. The van der Waals surface area contributed by atoms with E-state index in [2.05, 4.69) is 14.8 Å². The summed E-state index contributed by atoms with van der Waals surface area (Å²) in [5, 5.41) is 2.08. The number of ether oxygens (including phenoxy) is 3. The van der Waals surface area contributed by atoms with Gasteiger partial charge in [-0.1, -0.05) is 12.1 Å². The van der Waals surface area contributed by atoms with E-state index in [1.165, 1.54) is 34.9 Å². The van der Waals surface area contributed by atoms with Crippen LogP contribution in [0.25, 0.3) is 0 Å². The van der Waals surface area contributed by atoms with Gasteiger partial charge in [0.05, 0.1) is 6.61 Å². The number of thioether (sulfide) groups is 1. The molecule has 12 heteroatoms. The normalized spacial score (nSPS) is 24.1. The van der Waals surface area contributed by atoms with Gasteiger partial charge < -0.3 is 30.2 Å². The molecule has 0 aliphatic carbocycles. The van der Waals surface area contributed by atoms with Crippen molar-refractivity contribution in [2.24, 2.45) is 5.73 Å². The molecule has 3 rings (SSSR count). The molecule has 3 N–H and O–H groups in total. The van der Waals surface area contributed by atoms with Crippen LogP contribution < -0.4 is 11.1 Å². The highest BCUT2D eigenvalue weighted by molar-refractivity contribution is 8.01. The largest absolute Gasteiger partial charge is 0.511 e. The first-order valence-electron chi connectivity index (χ1n) is 9.84. The van der Waals surface area contributed by atoms with Crippen LogP contribution in [0.4, 0.5) is 9.18 Å². The van der Waals surface area contributed by atoms with Gasteiger partial charge in [-0.25, -0.2) is 14.0 Å². The van der Waals surface area contributed by atoms with Crippen LogP contribution >= 0.6 is 11.8 Å². The summed E-state index contributed by atoms with van der Waals surface area (Å²) in [6.07, 6.45) is -0.976. The SMILES string of the molecule is CCOC(=O)OCOC(=O)[C@@H]1N2C(=O)C(NC(=O)C(N)c3cccc(F)c3)[C@H]2SC1(C)C. The Labute approximate surface area is 187 Å². The van der Waals surface area contributed by atoms with Crippen molar-refractivity contribution in [3.8, 4) is 0 Å². The van der Waals surface area contributed by atoms with Gasteiger partial charge >= 0.3 is 12.1 Å². The number of β-lactam (4-membered cyclic amide) rings is 1. The van der Waals surface area contributed by atoms with Crippen molar-refractivity contribution in [3.05, 3.63) is 35.6 Å². The Bertz CT molecular complexity index is 928. The summed E-state index contributed by atoms with van der Waals surface area (Å²) < 4.78 is 26.9. The van der Waals surface area contributed by atoms with Crippen LogP contribution in [0, 0.1) is 5.82 Å². The van der Waals surface area contributed by atoms with Crippen molar-refractivity contribution in [2.75, 3.05) is 13.4 Å². The second-order valence-corrected chi connectivity index (χ2v) is 9.46. The first kappa shape index (κ1) is 23.8. The fraction of sp³-hybridized carbons (Fsp3) is 0.500. The predicted molar refractivity (Wildman–Crippen MR) is 110 cm³/mol. The van der Waals surface area contributed by atoms with E-state index in [0.717, 1.165) is 6.07 Å². The number of halogens is 1. The quantitative estimate of drug-likeness (QED) is 0.341. The number of hydrogen-bond donors (Lipinski definition) is 2. The van der Waals surface area contributed by atoms with Gasteiger partial charge in [-0.2, -0.15) is 0 Å². The lowest BCUT2D eigenvalue weighted by atomic mass is 9.95. The minimum absolute atomic E-state index is 0.110. The van der Waals surface area contributed by atoms with Crippen LogP contribution in [0.5, 0.6) is 0 Å². The van der Waals surface area contributed by atoms with Crippen molar-refractivity contribution >= 4 is 35.7 Å². The van der Waals surface area contributed by atoms with Crippen molar-refractivity contribution in [2.45, 2.75) is 49.0 Å². The maximum absolute atomic E-state index is 13.4. The van der Waals surface area contributed by atoms with E-state index < -0.39 is 64.8 Å². The number of fused-ring (bicyclic) bond motifs is 1. The zero-order valence-electron chi connectivity index (χ0n) is 17.7. The van der Waals surface area contributed by atoms with Gasteiger partial charge in [0, 0.05) is 4.75 Å². The zero-order valence-corrected chi connectivity index (χ0v) is 18.5. The van der Waals surface area contributed by atoms with Crippen molar-refractivity contribution in [1.82, 2.24) is 10.2 Å². The first-order valence-corrected chi connectivity index (χ1v) is 10.7. The van der Waals surface area contributed by atoms with Crippen LogP contribution in [0.1, 0.15) is 32.4 Å². The predicted octanol–water partition coefficient (Wildman–Crippen LogP) is 1.05. The summed E-state index contributed by atoms with van der Waals surface area (Å²) in [5.41, 5.74) is 6.18. The maximum Gasteiger partial charge on any atom is 0.511 e. The number of nitrogens with two attached hydrogens (primary N) is 1. The minimum atomic E-state index is -1.16. The molecule has 4 atom stereocenters. The van der Waals surface area contributed by atoms with Crippen molar-refractivity contribution in [3.63, 3.8) is 0 Å². The maximum atomic E-state index is 13.4.